The Kier molecular flexibility index (Phi) is 6.45. The average molecular weight is 341 g/mol. The minimum Gasteiger partial charge on any atom is -0.481 e. The Balaban J connectivity index is 3.29. The predicted octanol–water partition coefficient (Wildman–Crippen LogP) is 3.65. The van der Waals surface area contributed by atoms with E-state index in [0.717, 1.165) is 10.0 Å². The molecule has 0 aromatic heterocycles. The van der Waals surface area contributed by atoms with Crippen molar-refractivity contribution >= 4 is 33.4 Å². The van der Waals surface area contributed by atoms with Crippen molar-refractivity contribution in [2.45, 2.75) is 26.7 Å². The minimum absolute atomic E-state index is 0.212. The summed E-state index contributed by atoms with van der Waals surface area (Å²) in [5, 5.41) is 8.99. The van der Waals surface area contributed by atoms with Crippen LogP contribution in [0, 0.1) is 0 Å². The molecule has 0 bridgehead atoms. The van der Waals surface area contributed by atoms with Crippen molar-refractivity contribution in [3.05, 3.63) is 39.9 Å². The number of carbonyl (C=O) groups is 2. The number of hydrogen-bond donors (Lipinski definition) is 1. The highest BCUT2D eigenvalue weighted by Gasteiger charge is 2.19. The molecule has 0 spiro atoms. The van der Waals surface area contributed by atoms with Gasteiger partial charge in [0.25, 0.3) is 0 Å². The summed E-state index contributed by atoms with van der Waals surface area (Å²) < 4.78 is 5.89. The lowest BCUT2D eigenvalue weighted by Gasteiger charge is -2.12. The fourth-order valence-electron chi connectivity index (χ4n) is 1.91. The lowest BCUT2D eigenvalue weighted by Crippen LogP contribution is -2.13. The van der Waals surface area contributed by atoms with Gasteiger partial charge in [0, 0.05) is 4.47 Å². The molecule has 1 N–H and O–H groups in total. The summed E-state index contributed by atoms with van der Waals surface area (Å²) in [5.41, 5.74) is 1.75. The van der Waals surface area contributed by atoms with E-state index in [-0.39, 0.29) is 18.6 Å². The van der Waals surface area contributed by atoms with Crippen molar-refractivity contribution in [1.82, 2.24) is 0 Å². The highest BCUT2D eigenvalue weighted by Crippen LogP contribution is 2.26. The van der Waals surface area contributed by atoms with Gasteiger partial charge in [-0.25, -0.2) is 4.79 Å². The molecule has 0 saturated heterocycles. The lowest BCUT2D eigenvalue weighted by atomic mass is 9.95. The molecule has 0 saturated carbocycles. The predicted molar refractivity (Wildman–Crippen MR) is 80.2 cm³/mol. The van der Waals surface area contributed by atoms with Crippen LogP contribution in [0.2, 0.25) is 0 Å². The average Bonchev–Trinajstić information content (AvgIpc) is 2.40. The van der Waals surface area contributed by atoms with Crippen LogP contribution < -0.4 is 0 Å². The normalized spacial score (nSPS) is 11.8. The molecule has 108 valence electrons. The molecular weight excluding hydrogens is 324 g/mol. The Labute approximate surface area is 126 Å². The van der Waals surface area contributed by atoms with Crippen molar-refractivity contribution in [3.8, 4) is 0 Å². The number of allylic oxidation sites excluding steroid dienone is 1. The highest BCUT2D eigenvalue weighted by atomic mass is 79.9. The first kappa shape index (κ1) is 16.4. The monoisotopic (exact) mass is 340 g/mol. The van der Waals surface area contributed by atoms with Gasteiger partial charge in [-0.15, -0.1) is 0 Å². The minimum atomic E-state index is -1.05. The van der Waals surface area contributed by atoms with Crippen molar-refractivity contribution in [3.63, 3.8) is 0 Å². The molecule has 20 heavy (non-hydrogen) atoms. The Morgan fingerprint density at radius 1 is 1.20 bits per heavy atom. The first-order valence-corrected chi connectivity index (χ1v) is 7.15. The fraction of sp³-hybridized carbons (Fsp3) is 0.333. The number of ether oxygens (including phenoxy) is 1. The third-order valence-electron chi connectivity index (χ3n) is 2.76. The molecule has 4 nitrogen and oxygen atoms in total. The maximum Gasteiger partial charge on any atom is 0.334 e. The molecule has 0 fully saturated rings. The van der Waals surface area contributed by atoms with Gasteiger partial charge < -0.3 is 9.84 Å². The van der Waals surface area contributed by atoms with E-state index >= 15 is 0 Å². The van der Waals surface area contributed by atoms with Crippen LogP contribution in [0.5, 0.6) is 0 Å². The standard InChI is InChI=1S/C15H17BrO4/c1-3-12(10-5-7-11(16)8-6-10)13(9-14(17)18)15(19)20-4-2/h5-8H,3-4,9H2,1-2H3,(H,17,18). The van der Waals surface area contributed by atoms with E-state index in [9.17, 15) is 9.59 Å². The van der Waals surface area contributed by atoms with Crippen LogP contribution in [-0.2, 0) is 14.3 Å². The van der Waals surface area contributed by atoms with Crippen LogP contribution >= 0.6 is 15.9 Å². The van der Waals surface area contributed by atoms with Gasteiger partial charge in [-0.2, -0.15) is 0 Å². The Morgan fingerprint density at radius 3 is 2.25 bits per heavy atom. The van der Waals surface area contributed by atoms with Crippen molar-refractivity contribution in [2.24, 2.45) is 0 Å². The molecule has 0 aliphatic heterocycles. The molecule has 0 unspecified atom stereocenters. The van der Waals surface area contributed by atoms with E-state index < -0.39 is 11.9 Å². The smallest absolute Gasteiger partial charge is 0.334 e. The number of rotatable bonds is 6. The summed E-state index contributed by atoms with van der Waals surface area (Å²) in [6, 6.07) is 7.41. The molecule has 0 heterocycles. The van der Waals surface area contributed by atoms with Crippen molar-refractivity contribution in [2.75, 3.05) is 6.61 Å². The van der Waals surface area contributed by atoms with E-state index in [4.69, 9.17) is 9.84 Å². The summed E-state index contributed by atoms with van der Waals surface area (Å²) in [6.07, 6.45) is 0.223. The summed E-state index contributed by atoms with van der Waals surface area (Å²) in [4.78, 5) is 22.9. The molecule has 0 amide bonds. The van der Waals surface area contributed by atoms with E-state index in [2.05, 4.69) is 15.9 Å². The lowest BCUT2D eigenvalue weighted by molar-refractivity contribution is -0.142. The number of carbonyl (C=O) groups excluding carboxylic acids is 1. The fourth-order valence-corrected chi connectivity index (χ4v) is 2.18. The zero-order valence-electron chi connectivity index (χ0n) is 11.5. The second kappa shape index (κ2) is 7.85. The quantitative estimate of drug-likeness (QED) is 0.634. The number of hydrogen-bond acceptors (Lipinski definition) is 3. The van der Waals surface area contributed by atoms with Gasteiger partial charge in [0.15, 0.2) is 0 Å². The Bertz CT molecular complexity index is 517. The topological polar surface area (TPSA) is 63.6 Å². The second-order valence-corrected chi connectivity index (χ2v) is 5.02. The van der Waals surface area contributed by atoms with Gasteiger partial charge in [-0.05, 0) is 36.6 Å². The molecule has 0 aliphatic rings. The SMILES string of the molecule is CCOC(=O)C(CC(=O)O)=C(CC)c1ccc(Br)cc1. The number of aliphatic carboxylic acids is 1. The molecule has 1 aromatic carbocycles. The maximum absolute atomic E-state index is 12.0. The summed E-state index contributed by atoms with van der Waals surface area (Å²) in [7, 11) is 0. The zero-order valence-corrected chi connectivity index (χ0v) is 13.1. The van der Waals surface area contributed by atoms with Crippen LogP contribution in [0.4, 0.5) is 0 Å². The molecule has 1 rings (SSSR count). The number of halogens is 1. The van der Waals surface area contributed by atoms with Crippen molar-refractivity contribution < 1.29 is 19.4 Å². The number of carboxylic acids is 1. The Morgan fingerprint density at radius 2 is 1.80 bits per heavy atom. The molecule has 1 aromatic rings. The van der Waals surface area contributed by atoms with E-state index in [1.165, 1.54) is 0 Å². The van der Waals surface area contributed by atoms with Gasteiger partial charge in [0.2, 0.25) is 0 Å². The number of carboxylic acid groups (broad SMARTS) is 1. The Hall–Kier alpha value is -1.62. The summed E-state index contributed by atoms with van der Waals surface area (Å²) >= 11 is 3.35. The third-order valence-corrected chi connectivity index (χ3v) is 3.29. The van der Waals surface area contributed by atoms with E-state index in [0.29, 0.717) is 12.0 Å². The van der Waals surface area contributed by atoms with Crippen LogP contribution in [0.3, 0.4) is 0 Å². The van der Waals surface area contributed by atoms with Gasteiger partial charge in [-0.1, -0.05) is 35.0 Å². The second-order valence-electron chi connectivity index (χ2n) is 4.11. The number of benzene rings is 1. The van der Waals surface area contributed by atoms with Crippen LogP contribution in [-0.4, -0.2) is 23.7 Å². The van der Waals surface area contributed by atoms with Gasteiger partial charge in [0.05, 0.1) is 18.6 Å². The number of esters is 1. The van der Waals surface area contributed by atoms with Crippen LogP contribution in [0.1, 0.15) is 32.3 Å². The summed E-state index contributed by atoms with van der Waals surface area (Å²) in [5.74, 6) is -1.61. The molecule has 0 radical (unpaired) electrons. The van der Waals surface area contributed by atoms with E-state index in [1.54, 1.807) is 6.92 Å². The molecule has 0 atom stereocenters. The van der Waals surface area contributed by atoms with Gasteiger partial charge in [0.1, 0.15) is 0 Å². The first-order valence-electron chi connectivity index (χ1n) is 6.36. The highest BCUT2D eigenvalue weighted by molar-refractivity contribution is 9.10. The van der Waals surface area contributed by atoms with Gasteiger partial charge >= 0.3 is 11.9 Å². The van der Waals surface area contributed by atoms with Crippen molar-refractivity contribution in [1.29, 1.82) is 0 Å². The maximum atomic E-state index is 12.0. The summed E-state index contributed by atoms with van der Waals surface area (Å²) in [6.45, 7) is 3.80. The van der Waals surface area contributed by atoms with Crippen LogP contribution in [0.15, 0.2) is 34.3 Å². The first-order chi connectivity index (χ1) is 9.49. The molecule has 5 heteroatoms. The zero-order chi connectivity index (χ0) is 15.1. The van der Waals surface area contributed by atoms with Gasteiger partial charge in [-0.3, -0.25) is 4.79 Å². The van der Waals surface area contributed by atoms with E-state index in [1.807, 2.05) is 31.2 Å². The third kappa shape index (κ3) is 4.49. The molecular formula is C15H17BrO4. The van der Waals surface area contributed by atoms with Crippen LogP contribution in [0.25, 0.3) is 5.57 Å². The molecule has 0 aliphatic carbocycles. The largest absolute Gasteiger partial charge is 0.481 e.